The Morgan fingerprint density at radius 1 is 1.24 bits per heavy atom. The lowest BCUT2D eigenvalue weighted by molar-refractivity contribution is -0.128. The van der Waals surface area contributed by atoms with Gasteiger partial charge in [-0.15, -0.1) is 35.7 Å². The van der Waals surface area contributed by atoms with E-state index >= 15 is 0 Å². The van der Waals surface area contributed by atoms with Crippen molar-refractivity contribution >= 4 is 47.6 Å². The molecule has 0 saturated carbocycles. The van der Waals surface area contributed by atoms with E-state index in [2.05, 4.69) is 52.0 Å². The first kappa shape index (κ1) is 25.2. The molecule has 0 unspecified atom stereocenters. The van der Waals surface area contributed by atoms with Crippen molar-refractivity contribution in [3.05, 3.63) is 59.4 Å². The largest absolute Gasteiger partial charge is 0.352 e. The Kier molecular flexibility index (Phi) is 11.7. The summed E-state index contributed by atoms with van der Waals surface area (Å²) in [6, 6.07) is 12.2. The van der Waals surface area contributed by atoms with E-state index in [0.29, 0.717) is 19.0 Å². The van der Waals surface area contributed by atoms with Crippen LogP contribution in [-0.4, -0.2) is 55.2 Å². The van der Waals surface area contributed by atoms with Gasteiger partial charge in [0, 0.05) is 50.4 Å². The molecule has 158 valence electrons. The summed E-state index contributed by atoms with van der Waals surface area (Å²) in [5, 5.41) is 6.37. The predicted octanol–water partition coefficient (Wildman–Crippen LogP) is 3.10. The second-order valence-corrected chi connectivity index (χ2v) is 7.33. The molecule has 2 aromatic rings. The minimum Gasteiger partial charge on any atom is -0.352 e. The van der Waals surface area contributed by atoms with Gasteiger partial charge in [-0.25, -0.2) is 0 Å². The number of pyridine rings is 1. The molecule has 1 aromatic heterocycles. The normalized spacial score (nSPS) is 10.8. The number of rotatable bonds is 8. The number of carbonyl (C=O) groups excluding carboxylic acids is 1. The van der Waals surface area contributed by atoms with Gasteiger partial charge in [0.05, 0.1) is 6.54 Å². The smallest absolute Gasteiger partial charge is 0.241 e. The van der Waals surface area contributed by atoms with E-state index < -0.39 is 0 Å². The molecule has 8 heteroatoms. The molecule has 0 aliphatic carbocycles. The Labute approximate surface area is 195 Å². The van der Waals surface area contributed by atoms with Crippen LogP contribution in [0.2, 0.25) is 0 Å². The summed E-state index contributed by atoms with van der Waals surface area (Å²) >= 11 is 1.73. The van der Waals surface area contributed by atoms with Crippen LogP contribution in [0.15, 0.2) is 52.5 Å². The van der Waals surface area contributed by atoms with Crippen LogP contribution in [0.25, 0.3) is 0 Å². The molecule has 0 atom stereocenters. The number of nitrogens with zero attached hydrogens (tertiary/aromatic N) is 3. The number of aryl methyl sites for hydroxylation is 1. The van der Waals surface area contributed by atoms with Crippen molar-refractivity contribution in [2.45, 2.75) is 24.8 Å². The van der Waals surface area contributed by atoms with E-state index in [4.69, 9.17) is 0 Å². The van der Waals surface area contributed by atoms with Crippen LogP contribution in [0.4, 0.5) is 0 Å². The summed E-state index contributed by atoms with van der Waals surface area (Å²) in [5.74, 6) is 0.623. The van der Waals surface area contributed by atoms with E-state index in [9.17, 15) is 4.79 Å². The topological polar surface area (TPSA) is 69.6 Å². The van der Waals surface area contributed by atoms with Gasteiger partial charge in [0.2, 0.25) is 5.91 Å². The Morgan fingerprint density at radius 3 is 2.69 bits per heavy atom. The predicted molar refractivity (Wildman–Crippen MR) is 132 cm³/mol. The molecule has 6 nitrogen and oxygen atoms in total. The molecule has 0 aliphatic heterocycles. The molecule has 1 heterocycles. The average Bonchev–Trinajstić information content (AvgIpc) is 2.73. The van der Waals surface area contributed by atoms with Crippen molar-refractivity contribution in [3.8, 4) is 0 Å². The number of thioether (sulfide) groups is 1. The van der Waals surface area contributed by atoms with Gasteiger partial charge in [-0.05, 0) is 42.5 Å². The van der Waals surface area contributed by atoms with Crippen LogP contribution < -0.4 is 10.6 Å². The number of nitrogens with one attached hydrogen (secondary N) is 2. The van der Waals surface area contributed by atoms with Crippen molar-refractivity contribution in [3.63, 3.8) is 0 Å². The fourth-order valence-electron chi connectivity index (χ4n) is 2.64. The van der Waals surface area contributed by atoms with E-state index in [1.165, 1.54) is 16.0 Å². The number of halogens is 1. The van der Waals surface area contributed by atoms with Gasteiger partial charge >= 0.3 is 0 Å². The number of aromatic nitrogens is 1. The highest BCUT2D eigenvalue weighted by Crippen LogP contribution is 2.21. The highest BCUT2D eigenvalue weighted by Gasteiger charge is 2.10. The lowest BCUT2D eigenvalue weighted by Crippen LogP contribution is -2.43. The third kappa shape index (κ3) is 8.61. The molecule has 0 aliphatic rings. The standard InChI is InChI=1S/C21H29N5OS.HI/c1-16-8-9-17(19(13-16)28-4)14-24-21(22-2)25-15-20(27)26(3)12-10-18-7-5-6-11-23-18;/h5-9,11,13H,10,12,14-15H2,1-4H3,(H2,22,24,25);1H. The van der Waals surface area contributed by atoms with Gasteiger partial charge in [0.1, 0.15) is 0 Å². The Morgan fingerprint density at radius 2 is 2.03 bits per heavy atom. The van der Waals surface area contributed by atoms with Gasteiger partial charge in [0.15, 0.2) is 5.96 Å². The minimum absolute atomic E-state index is 0. The molecule has 1 amide bonds. The van der Waals surface area contributed by atoms with Crippen molar-refractivity contribution in [1.82, 2.24) is 20.5 Å². The molecule has 1 aromatic carbocycles. The maximum atomic E-state index is 12.4. The maximum absolute atomic E-state index is 12.4. The summed E-state index contributed by atoms with van der Waals surface area (Å²) in [5.41, 5.74) is 3.44. The summed E-state index contributed by atoms with van der Waals surface area (Å²) in [7, 11) is 3.51. The molecule has 0 spiro atoms. The summed E-state index contributed by atoms with van der Waals surface area (Å²) in [6.07, 6.45) is 4.58. The molecular weight excluding hydrogens is 497 g/mol. The van der Waals surface area contributed by atoms with Crippen molar-refractivity contribution < 1.29 is 4.79 Å². The monoisotopic (exact) mass is 527 g/mol. The lowest BCUT2D eigenvalue weighted by Gasteiger charge is -2.19. The molecule has 0 fully saturated rings. The van der Waals surface area contributed by atoms with Crippen molar-refractivity contribution in [1.29, 1.82) is 0 Å². The SMILES string of the molecule is CN=C(NCC(=O)N(C)CCc1ccccn1)NCc1ccc(C)cc1SC.I. The average molecular weight is 527 g/mol. The molecule has 2 N–H and O–H groups in total. The Hall–Kier alpha value is -1.81. The number of hydrogen-bond donors (Lipinski definition) is 2. The van der Waals surface area contributed by atoms with E-state index in [-0.39, 0.29) is 36.4 Å². The number of guanidine groups is 1. The van der Waals surface area contributed by atoms with Crippen LogP contribution >= 0.6 is 35.7 Å². The number of carbonyl (C=O) groups is 1. The summed E-state index contributed by atoms with van der Waals surface area (Å²) in [6.45, 7) is 3.57. The van der Waals surface area contributed by atoms with Crippen LogP contribution in [-0.2, 0) is 17.8 Å². The summed E-state index contributed by atoms with van der Waals surface area (Å²) in [4.78, 5) is 23.8. The van der Waals surface area contributed by atoms with E-state index in [1.54, 1.807) is 37.0 Å². The molecule has 2 rings (SSSR count). The molecular formula is C21H30IN5OS. The molecule has 0 saturated heterocycles. The van der Waals surface area contributed by atoms with Crippen LogP contribution in [0.1, 0.15) is 16.8 Å². The zero-order valence-electron chi connectivity index (χ0n) is 17.4. The first-order chi connectivity index (χ1) is 13.5. The van der Waals surface area contributed by atoms with E-state index in [0.717, 1.165) is 12.1 Å². The van der Waals surface area contributed by atoms with Crippen molar-refractivity contribution in [2.75, 3.05) is 33.4 Å². The summed E-state index contributed by atoms with van der Waals surface area (Å²) < 4.78 is 0. The fourth-order valence-corrected chi connectivity index (χ4v) is 3.35. The number of aliphatic imine (C=N–C) groups is 1. The number of hydrogen-bond acceptors (Lipinski definition) is 4. The maximum Gasteiger partial charge on any atom is 0.241 e. The third-order valence-electron chi connectivity index (χ3n) is 4.37. The van der Waals surface area contributed by atoms with Crippen LogP contribution in [0, 0.1) is 6.92 Å². The number of benzene rings is 1. The second-order valence-electron chi connectivity index (χ2n) is 6.48. The Balaban J connectivity index is 0.00000420. The van der Waals surface area contributed by atoms with Gasteiger partial charge in [-0.2, -0.15) is 0 Å². The second kappa shape index (κ2) is 13.4. The molecule has 0 radical (unpaired) electrons. The molecule has 0 bridgehead atoms. The first-order valence-corrected chi connectivity index (χ1v) is 10.5. The highest BCUT2D eigenvalue weighted by atomic mass is 127. The van der Waals surface area contributed by atoms with E-state index in [1.807, 2.05) is 18.2 Å². The third-order valence-corrected chi connectivity index (χ3v) is 5.19. The van der Waals surface area contributed by atoms with Gasteiger partial charge in [-0.1, -0.05) is 18.2 Å². The van der Waals surface area contributed by atoms with Gasteiger partial charge in [-0.3, -0.25) is 14.8 Å². The van der Waals surface area contributed by atoms with Crippen LogP contribution in [0.5, 0.6) is 0 Å². The molecule has 29 heavy (non-hydrogen) atoms. The number of likely N-dealkylation sites (N-methyl/N-ethyl adjacent to an activating group) is 1. The highest BCUT2D eigenvalue weighted by molar-refractivity contribution is 14.0. The Bertz CT molecular complexity index is 801. The quantitative estimate of drug-likeness (QED) is 0.239. The number of amides is 1. The van der Waals surface area contributed by atoms with Gasteiger partial charge < -0.3 is 15.5 Å². The fraction of sp³-hybridized carbons (Fsp3) is 0.381. The van der Waals surface area contributed by atoms with Gasteiger partial charge in [0.25, 0.3) is 0 Å². The zero-order valence-corrected chi connectivity index (χ0v) is 20.6. The lowest BCUT2D eigenvalue weighted by atomic mass is 10.1. The minimum atomic E-state index is 0. The first-order valence-electron chi connectivity index (χ1n) is 9.25. The van der Waals surface area contributed by atoms with Crippen molar-refractivity contribution in [2.24, 2.45) is 4.99 Å². The van der Waals surface area contributed by atoms with Crippen LogP contribution in [0.3, 0.4) is 0 Å². The zero-order chi connectivity index (χ0) is 20.4.